The molecule has 3 rings (SSSR count). The monoisotopic (exact) mass is 398 g/mol. The fraction of sp³-hybridized carbons (Fsp3) is 0.300. The highest BCUT2D eigenvalue weighted by Crippen LogP contribution is 2.21. The molecule has 3 aromatic rings. The van der Waals surface area contributed by atoms with E-state index in [0.717, 1.165) is 11.1 Å². The van der Waals surface area contributed by atoms with E-state index in [-0.39, 0.29) is 17.9 Å². The molecule has 1 amide bonds. The van der Waals surface area contributed by atoms with Gasteiger partial charge >= 0.3 is 0 Å². The summed E-state index contributed by atoms with van der Waals surface area (Å²) >= 11 is 1.27. The molecule has 1 N–H and O–H groups in total. The number of aromatic nitrogens is 2. The summed E-state index contributed by atoms with van der Waals surface area (Å²) in [6, 6.07) is 8.56. The van der Waals surface area contributed by atoms with E-state index >= 15 is 0 Å². The number of aryl methyl sites for hydroxylation is 2. The molecule has 0 aliphatic heterocycles. The van der Waals surface area contributed by atoms with Gasteiger partial charge in [-0.1, -0.05) is 6.07 Å². The summed E-state index contributed by atoms with van der Waals surface area (Å²) in [7, 11) is 0. The van der Waals surface area contributed by atoms with Crippen LogP contribution in [0.3, 0.4) is 0 Å². The van der Waals surface area contributed by atoms with E-state index in [1.165, 1.54) is 21.8 Å². The molecule has 0 unspecified atom stereocenters. The summed E-state index contributed by atoms with van der Waals surface area (Å²) in [5.74, 6) is -0.310. The quantitative estimate of drug-likeness (QED) is 0.692. The van der Waals surface area contributed by atoms with Gasteiger partial charge in [-0.3, -0.25) is 14.0 Å². The highest BCUT2D eigenvalue weighted by molar-refractivity contribution is 7.17. The normalized spacial score (nSPS) is 10.8. The van der Waals surface area contributed by atoms with Crippen LogP contribution in [-0.4, -0.2) is 28.5 Å². The van der Waals surface area contributed by atoms with Crippen molar-refractivity contribution in [3.8, 4) is 6.07 Å². The molecule has 2 aromatic heterocycles. The van der Waals surface area contributed by atoms with Gasteiger partial charge in [-0.25, -0.2) is 9.38 Å². The molecule has 0 radical (unpaired) electrons. The average Bonchev–Trinajstić information content (AvgIpc) is 3.00. The van der Waals surface area contributed by atoms with Gasteiger partial charge in [-0.05, 0) is 37.1 Å². The number of nitrogens with one attached hydrogen (secondary N) is 1. The number of fused-ring (bicyclic) bond motifs is 1. The molecule has 0 saturated heterocycles. The van der Waals surface area contributed by atoms with Crippen LogP contribution in [0.2, 0.25) is 0 Å². The van der Waals surface area contributed by atoms with Crippen LogP contribution >= 0.6 is 11.3 Å². The minimum absolute atomic E-state index is 0.238. The number of thiazole rings is 1. The third-order valence-electron chi connectivity index (χ3n) is 4.37. The lowest BCUT2D eigenvalue weighted by Gasteiger charge is -2.09. The minimum Gasteiger partial charge on any atom is -0.351 e. The van der Waals surface area contributed by atoms with Gasteiger partial charge < -0.3 is 5.32 Å². The Labute approximate surface area is 165 Å². The predicted molar refractivity (Wildman–Crippen MR) is 106 cm³/mol. The van der Waals surface area contributed by atoms with Crippen LogP contribution in [0.25, 0.3) is 4.96 Å². The molecule has 0 atom stereocenters. The second kappa shape index (κ2) is 8.31. The number of halogens is 1. The SMILES string of the molecule is CCNC(=O)c1c(C)sc2nc(Cc3cc(C#N)ccc3CCF)cc(=O)n12. The molecule has 0 aliphatic rings. The van der Waals surface area contributed by atoms with Crippen molar-refractivity contribution in [1.29, 1.82) is 5.26 Å². The standard InChI is InChI=1S/C20H19FN4O2S/c1-3-23-19(27)18-12(2)28-20-24-16(10-17(26)25(18)20)9-15-8-13(11-22)4-5-14(15)6-7-21/h4-5,8,10H,3,6-7,9H2,1-2H3,(H,23,27). The fourth-order valence-electron chi connectivity index (χ4n) is 3.12. The van der Waals surface area contributed by atoms with Crippen LogP contribution in [0.15, 0.2) is 29.1 Å². The lowest BCUT2D eigenvalue weighted by molar-refractivity contribution is 0.0949. The average molecular weight is 398 g/mol. The zero-order valence-corrected chi connectivity index (χ0v) is 16.4. The molecule has 0 saturated carbocycles. The molecule has 28 heavy (non-hydrogen) atoms. The van der Waals surface area contributed by atoms with Crippen LogP contribution in [0.5, 0.6) is 0 Å². The Hall–Kier alpha value is -3.05. The number of carbonyl (C=O) groups is 1. The van der Waals surface area contributed by atoms with Crippen LogP contribution < -0.4 is 10.9 Å². The van der Waals surface area contributed by atoms with Gasteiger partial charge in [-0.15, -0.1) is 11.3 Å². The number of nitrogens with zero attached hydrogens (tertiary/aromatic N) is 3. The second-order valence-corrected chi connectivity index (χ2v) is 7.46. The van der Waals surface area contributed by atoms with Gasteiger partial charge in [-0.2, -0.15) is 5.26 Å². The first kappa shape index (κ1) is 19.7. The molecule has 1 aromatic carbocycles. The van der Waals surface area contributed by atoms with Crippen molar-refractivity contribution in [2.24, 2.45) is 0 Å². The molecule has 0 bridgehead atoms. The maximum Gasteiger partial charge on any atom is 0.269 e. The summed E-state index contributed by atoms with van der Waals surface area (Å²) in [6.07, 6.45) is 0.547. The van der Waals surface area contributed by atoms with Crippen LogP contribution in [0, 0.1) is 18.3 Å². The van der Waals surface area contributed by atoms with E-state index in [1.54, 1.807) is 25.1 Å². The Morgan fingerprint density at radius 1 is 1.36 bits per heavy atom. The fourth-order valence-corrected chi connectivity index (χ4v) is 4.11. The maximum atomic E-state index is 12.9. The van der Waals surface area contributed by atoms with Crippen molar-refractivity contribution in [1.82, 2.24) is 14.7 Å². The van der Waals surface area contributed by atoms with Gasteiger partial charge in [0.1, 0.15) is 5.69 Å². The van der Waals surface area contributed by atoms with Gasteiger partial charge in [0.05, 0.1) is 24.0 Å². The predicted octanol–water partition coefficient (Wildman–Crippen LogP) is 2.79. The Morgan fingerprint density at radius 3 is 2.82 bits per heavy atom. The largest absolute Gasteiger partial charge is 0.351 e. The maximum absolute atomic E-state index is 12.9. The Balaban J connectivity index is 2.06. The van der Waals surface area contributed by atoms with E-state index in [9.17, 15) is 14.0 Å². The molecular weight excluding hydrogens is 379 g/mol. The van der Waals surface area contributed by atoms with Gasteiger partial charge in [0.15, 0.2) is 4.96 Å². The Bertz CT molecular complexity index is 1140. The first-order valence-corrected chi connectivity index (χ1v) is 9.68. The van der Waals surface area contributed by atoms with Gasteiger partial charge in [0, 0.05) is 30.3 Å². The second-order valence-electron chi connectivity index (χ2n) is 6.28. The summed E-state index contributed by atoms with van der Waals surface area (Å²) in [5.41, 5.74) is 2.51. The van der Waals surface area contributed by atoms with Gasteiger partial charge in [0.25, 0.3) is 11.5 Å². The van der Waals surface area contributed by atoms with Crippen molar-refractivity contribution in [3.05, 3.63) is 67.6 Å². The molecule has 0 aliphatic carbocycles. The summed E-state index contributed by atoms with van der Waals surface area (Å²) < 4.78 is 14.2. The summed E-state index contributed by atoms with van der Waals surface area (Å²) in [5, 5.41) is 11.8. The summed E-state index contributed by atoms with van der Waals surface area (Å²) in [6.45, 7) is 3.54. The zero-order valence-electron chi connectivity index (χ0n) is 15.6. The third-order valence-corrected chi connectivity index (χ3v) is 5.32. The number of alkyl halides is 1. The number of hydrogen-bond acceptors (Lipinski definition) is 5. The molecule has 6 nitrogen and oxygen atoms in total. The van der Waals surface area contributed by atoms with Crippen LogP contribution in [0.1, 0.15) is 44.7 Å². The number of amides is 1. The van der Waals surface area contributed by atoms with Crippen LogP contribution in [0.4, 0.5) is 4.39 Å². The molecule has 2 heterocycles. The minimum atomic E-state index is -0.506. The number of nitriles is 1. The van der Waals surface area contributed by atoms with E-state index < -0.39 is 6.67 Å². The van der Waals surface area contributed by atoms with Gasteiger partial charge in [0.2, 0.25) is 0 Å². The Morgan fingerprint density at radius 2 is 2.14 bits per heavy atom. The lowest BCUT2D eigenvalue weighted by atomic mass is 9.98. The first-order chi connectivity index (χ1) is 13.5. The number of rotatable bonds is 6. The highest BCUT2D eigenvalue weighted by Gasteiger charge is 2.19. The molecule has 144 valence electrons. The topological polar surface area (TPSA) is 87.3 Å². The first-order valence-electron chi connectivity index (χ1n) is 8.86. The molecule has 0 fully saturated rings. The van der Waals surface area contributed by atoms with Crippen molar-refractivity contribution >= 4 is 22.2 Å². The Kier molecular flexibility index (Phi) is 5.85. The third kappa shape index (κ3) is 3.80. The lowest BCUT2D eigenvalue weighted by Crippen LogP contribution is -2.28. The highest BCUT2D eigenvalue weighted by atomic mass is 32.1. The van der Waals surface area contributed by atoms with Crippen LogP contribution in [-0.2, 0) is 12.8 Å². The zero-order chi connectivity index (χ0) is 20.3. The molecule has 0 spiro atoms. The molecular formula is C20H19FN4O2S. The van der Waals surface area contributed by atoms with E-state index in [4.69, 9.17) is 5.26 Å². The van der Waals surface area contributed by atoms with Crippen molar-refractivity contribution in [2.45, 2.75) is 26.7 Å². The smallest absolute Gasteiger partial charge is 0.269 e. The number of hydrogen-bond donors (Lipinski definition) is 1. The summed E-state index contributed by atoms with van der Waals surface area (Å²) in [4.78, 5) is 30.7. The van der Waals surface area contributed by atoms with Crippen molar-refractivity contribution in [2.75, 3.05) is 13.2 Å². The van der Waals surface area contributed by atoms with E-state index in [0.29, 0.717) is 39.8 Å². The number of carbonyl (C=O) groups excluding carboxylic acids is 1. The van der Waals surface area contributed by atoms with Crippen molar-refractivity contribution < 1.29 is 9.18 Å². The van der Waals surface area contributed by atoms with Crippen molar-refractivity contribution in [3.63, 3.8) is 0 Å². The molecule has 8 heteroatoms. The van der Waals surface area contributed by atoms with E-state index in [2.05, 4.69) is 16.4 Å². The van der Waals surface area contributed by atoms with E-state index in [1.807, 2.05) is 6.92 Å². The number of benzene rings is 1.